The first kappa shape index (κ1) is 19.0. The van der Waals surface area contributed by atoms with Crippen LogP contribution in [0.25, 0.3) is 0 Å². The molecule has 140 valence electrons. The Labute approximate surface area is 159 Å². The van der Waals surface area contributed by atoms with Crippen molar-refractivity contribution in [3.05, 3.63) is 28.5 Å². The number of halogens is 2. The van der Waals surface area contributed by atoms with Gasteiger partial charge in [0.25, 0.3) is 5.91 Å². The van der Waals surface area contributed by atoms with Crippen molar-refractivity contribution in [2.75, 3.05) is 10.8 Å². The van der Waals surface area contributed by atoms with Gasteiger partial charge in [0.15, 0.2) is 0 Å². The van der Waals surface area contributed by atoms with Crippen LogP contribution in [0.15, 0.2) is 12.1 Å². The lowest BCUT2D eigenvalue weighted by Crippen LogP contribution is -2.41. The highest BCUT2D eigenvalue weighted by molar-refractivity contribution is 8.00. The molecule has 1 atom stereocenters. The lowest BCUT2D eigenvalue weighted by atomic mass is 10.0. The lowest BCUT2D eigenvalue weighted by molar-refractivity contribution is -0.119. The number of hydrogen-bond donors (Lipinski definition) is 0. The Kier molecular flexibility index (Phi) is 4.69. The standard InChI is InChI=1S/C17H18ClFN2O4S/c1-8(2)25-15(23)9-5-12(11(19)6-10(9)18)21-14(22)13-17(3,4)26-7-20(13)16(21)24/h5-6,8,13H,7H2,1-4H3/t13-/m0/s1. The normalized spacial score (nSPS) is 21.6. The Morgan fingerprint density at radius 1 is 1.38 bits per heavy atom. The first-order chi connectivity index (χ1) is 12.0. The van der Waals surface area contributed by atoms with Gasteiger partial charge in [-0.3, -0.25) is 4.79 Å². The number of fused-ring (bicyclic) bond motifs is 1. The molecule has 0 aromatic heterocycles. The summed E-state index contributed by atoms with van der Waals surface area (Å²) in [7, 11) is 0. The van der Waals surface area contributed by atoms with Crippen LogP contribution in [0.1, 0.15) is 38.1 Å². The fourth-order valence-corrected chi connectivity index (χ4v) is 4.42. The number of thioether (sulfide) groups is 1. The minimum Gasteiger partial charge on any atom is -0.459 e. The van der Waals surface area contributed by atoms with Gasteiger partial charge < -0.3 is 9.64 Å². The summed E-state index contributed by atoms with van der Waals surface area (Å²) < 4.78 is 19.1. The van der Waals surface area contributed by atoms with E-state index >= 15 is 0 Å². The molecule has 6 nitrogen and oxygen atoms in total. The highest BCUT2D eigenvalue weighted by atomic mass is 35.5. The number of nitrogens with zero attached hydrogens (tertiary/aromatic N) is 2. The number of carbonyl (C=O) groups is 3. The topological polar surface area (TPSA) is 66.9 Å². The van der Waals surface area contributed by atoms with E-state index in [1.807, 2.05) is 13.8 Å². The summed E-state index contributed by atoms with van der Waals surface area (Å²) >= 11 is 7.44. The number of carbonyl (C=O) groups excluding carboxylic acids is 3. The van der Waals surface area contributed by atoms with Crippen LogP contribution in [0.2, 0.25) is 5.02 Å². The number of imide groups is 1. The largest absolute Gasteiger partial charge is 0.459 e. The molecule has 0 N–H and O–H groups in total. The van der Waals surface area contributed by atoms with Gasteiger partial charge in [0.05, 0.1) is 28.3 Å². The third-order valence-corrected chi connectivity index (χ3v) is 5.96. The van der Waals surface area contributed by atoms with Crippen molar-refractivity contribution < 1.29 is 23.5 Å². The van der Waals surface area contributed by atoms with Gasteiger partial charge in [-0.05, 0) is 39.8 Å². The SMILES string of the molecule is CC(C)OC(=O)c1cc(N2C(=O)[C@@H]3N(CSC3(C)C)C2=O)c(F)cc1Cl. The van der Waals surface area contributed by atoms with Crippen LogP contribution >= 0.6 is 23.4 Å². The van der Waals surface area contributed by atoms with Gasteiger partial charge in [-0.1, -0.05) is 11.6 Å². The number of anilines is 1. The molecule has 1 aromatic carbocycles. The molecule has 2 aliphatic rings. The van der Waals surface area contributed by atoms with Gasteiger partial charge in [-0.2, -0.15) is 0 Å². The second kappa shape index (κ2) is 6.42. The Hall–Kier alpha value is -1.80. The van der Waals surface area contributed by atoms with Gasteiger partial charge in [-0.15, -0.1) is 11.8 Å². The molecule has 9 heteroatoms. The van der Waals surface area contributed by atoms with Crippen LogP contribution < -0.4 is 4.90 Å². The molecule has 1 aromatic rings. The second-order valence-electron chi connectivity index (χ2n) is 6.94. The van der Waals surface area contributed by atoms with Gasteiger partial charge in [0.2, 0.25) is 0 Å². The van der Waals surface area contributed by atoms with E-state index in [-0.39, 0.29) is 16.3 Å². The third kappa shape index (κ3) is 2.95. The number of hydrogen-bond acceptors (Lipinski definition) is 5. The summed E-state index contributed by atoms with van der Waals surface area (Å²) in [6.07, 6.45) is -0.398. The maximum atomic E-state index is 14.5. The fraction of sp³-hybridized carbons (Fsp3) is 0.471. The molecule has 2 heterocycles. The Morgan fingerprint density at radius 2 is 2.04 bits per heavy atom. The molecule has 0 spiro atoms. The Morgan fingerprint density at radius 3 is 2.62 bits per heavy atom. The maximum Gasteiger partial charge on any atom is 0.339 e. The van der Waals surface area contributed by atoms with Crippen molar-refractivity contribution in [3.8, 4) is 0 Å². The number of amides is 3. The minimum atomic E-state index is -0.857. The predicted octanol–water partition coefficient (Wildman–Crippen LogP) is 3.66. The summed E-state index contributed by atoms with van der Waals surface area (Å²) in [6, 6.07) is 0.724. The number of urea groups is 1. The molecular formula is C17H18ClFN2O4S. The summed E-state index contributed by atoms with van der Waals surface area (Å²) in [5, 5.41) is -0.146. The van der Waals surface area contributed by atoms with E-state index in [2.05, 4.69) is 0 Å². The van der Waals surface area contributed by atoms with Crippen molar-refractivity contribution >= 4 is 47.0 Å². The highest BCUT2D eigenvalue weighted by Gasteiger charge is 2.57. The Balaban J connectivity index is 2.03. The van der Waals surface area contributed by atoms with Gasteiger partial charge in [0.1, 0.15) is 11.9 Å². The third-order valence-electron chi connectivity index (χ3n) is 4.28. The van der Waals surface area contributed by atoms with E-state index in [1.54, 1.807) is 13.8 Å². The van der Waals surface area contributed by atoms with Crippen molar-refractivity contribution in [1.82, 2.24) is 4.90 Å². The lowest BCUT2D eigenvalue weighted by Gasteiger charge is -2.23. The van der Waals surface area contributed by atoms with E-state index in [1.165, 1.54) is 16.7 Å². The molecule has 0 unspecified atom stereocenters. The summed E-state index contributed by atoms with van der Waals surface area (Å²) in [6.45, 7) is 7.05. The number of ether oxygens (including phenoxy) is 1. The molecule has 26 heavy (non-hydrogen) atoms. The van der Waals surface area contributed by atoms with Crippen LogP contribution in [0.4, 0.5) is 14.9 Å². The molecular weight excluding hydrogens is 383 g/mol. The van der Waals surface area contributed by atoms with E-state index in [0.29, 0.717) is 5.88 Å². The summed E-state index contributed by atoms with van der Waals surface area (Å²) in [5.74, 6) is -1.78. The number of benzene rings is 1. The number of rotatable bonds is 3. The zero-order valence-electron chi connectivity index (χ0n) is 14.7. The zero-order valence-corrected chi connectivity index (χ0v) is 16.3. The first-order valence-corrected chi connectivity index (χ1v) is 9.39. The molecule has 0 saturated carbocycles. The highest BCUT2D eigenvalue weighted by Crippen LogP contribution is 2.45. The summed E-state index contributed by atoms with van der Waals surface area (Å²) in [5.41, 5.74) is -0.395. The van der Waals surface area contributed by atoms with Crippen molar-refractivity contribution in [2.45, 2.75) is 44.6 Å². The molecule has 2 saturated heterocycles. The predicted molar refractivity (Wildman–Crippen MR) is 97.0 cm³/mol. The molecule has 0 radical (unpaired) electrons. The molecule has 2 fully saturated rings. The van der Waals surface area contributed by atoms with Crippen LogP contribution in [0.3, 0.4) is 0 Å². The van der Waals surface area contributed by atoms with Crippen LogP contribution in [0.5, 0.6) is 0 Å². The van der Waals surface area contributed by atoms with E-state index in [4.69, 9.17) is 16.3 Å². The van der Waals surface area contributed by atoms with E-state index < -0.39 is 40.6 Å². The fourth-order valence-electron chi connectivity index (χ4n) is 3.07. The molecule has 3 amide bonds. The van der Waals surface area contributed by atoms with E-state index in [0.717, 1.165) is 17.0 Å². The first-order valence-electron chi connectivity index (χ1n) is 8.03. The van der Waals surface area contributed by atoms with Crippen molar-refractivity contribution in [3.63, 3.8) is 0 Å². The van der Waals surface area contributed by atoms with Gasteiger partial charge >= 0.3 is 12.0 Å². The van der Waals surface area contributed by atoms with E-state index in [9.17, 15) is 18.8 Å². The van der Waals surface area contributed by atoms with Crippen molar-refractivity contribution in [2.24, 2.45) is 0 Å². The quantitative estimate of drug-likeness (QED) is 0.572. The van der Waals surface area contributed by atoms with Crippen LogP contribution in [-0.4, -0.2) is 45.6 Å². The molecule has 0 aliphatic carbocycles. The average molecular weight is 401 g/mol. The maximum absolute atomic E-state index is 14.5. The zero-order chi connectivity index (χ0) is 19.4. The smallest absolute Gasteiger partial charge is 0.339 e. The monoisotopic (exact) mass is 400 g/mol. The van der Waals surface area contributed by atoms with Crippen LogP contribution in [0, 0.1) is 5.82 Å². The number of esters is 1. The van der Waals surface area contributed by atoms with Gasteiger partial charge in [0, 0.05) is 4.75 Å². The van der Waals surface area contributed by atoms with Crippen molar-refractivity contribution in [1.29, 1.82) is 0 Å². The minimum absolute atomic E-state index is 0.0990. The molecule has 3 rings (SSSR count). The average Bonchev–Trinajstić information content (AvgIpc) is 2.96. The molecule has 0 bridgehead atoms. The van der Waals surface area contributed by atoms with Gasteiger partial charge in [-0.25, -0.2) is 18.9 Å². The molecule has 2 aliphatic heterocycles. The Bertz CT molecular complexity index is 814. The second-order valence-corrected chi connectivity index (χ2v) is 8.95. The summed E-state index contributed by atoms with van der Waals surface area (Å²) in [4.78, 5) is 39.9. The van der Waals surface area contributed by atoms with Crippen LogP contribution in [-0.2, 0) is 9.53 Å².